The molecule has 0 amide bonds. The molecule has 2 N–H and O–H groups in total. The molecule has 2 aromatic carbocycles. The van der Waals surface area contributed by atoms with Gasteiger partial charge in [-0.2, -0.15) is 0 Å². The predicted octanol–water partition coefficient (Wildman–Crippen LogP) is 3.68. The quantitative estimate of drug-likeness (QED) is 0.623. The Balaban J connectivity index is 1.90. The number of benzene rings is 2. The first-order chi connectivity index (χ1) is 10.1. The summed E-state index contributed by atoms with van der Waals surface area (Å²) in [7, 11) is 0. The van der Waals surface area contributed by atoms with Gasteiger partial charge in [-0.15, -0.1) is 0 Å². The van der Waals surface area contributed by atoms with Crippen molar-refractivity contribution < 1.29 is 13.9 Å². The third-order valence-electron chi connectivity index (χ3n) is 2.65. The monoisotopic (exact) mass is 369 g/mol. The average Bonchev–Trinajstić information content (AvgIpc) is 2.45. The van der Waals surface area contributed by atoms with Gasteiger partial charge in [0.25, 0.3) is 0 Å². The number of thiocarbonyl (C=S) groups is 1. The molecule has 3 nitrogen and oxygen atoms in total. The van der Waals surface area contributed by atoms with Crippen molar-refractivity contribution >= 4 is 33.1 Å². The van der Waals surface area contributed by atoms with Crippen LogP contribution in [-0.4, -0.2) is 18.2 Å². The van der Waals surface area contributed by atoms with Crippen LogP contribution in [0.2, 0.25) is 0 Å². The standard InChI is InChI=1S/C15H13BrFNO2S/c16-10-4-6-11(7-5-10)19-8-9-20-13-3-1-2-12(17)14(13)15(18)21/h1-7H,8-9H2,(H2,18,21). The van der Waals surface area contributed by atoms with Crippen molar-refractivity contribution in [3.8, 4) is 11.5 Å². The van der Waals surface area contributed by atoms with Crippen LogP contribution in [0.1, 0.15) is 5.56 Å². The molecule has 0 radical (unpaired) electrons. The van der Waals surface area contributed by atoms with Gasteiger partial charge in [-0.3, -0.25) is 0 Å². The number of halogens is 2. The fourth-order valence-corrected chi connectivity index (χ4v) is 2.17. The highest BCUT2D eigenvalue weighted by molar-refractivity contribution is 9.10. The molecular formula is C15H13BrFNO2S. The summed E-state index contributed by atoms with van der Waals surface area (Å²) in [6.07, 6.45) is 0. The first kappa shape index (κ1) is 15.7. The van der Waals surface area contributed by atoms with Crippen molar-refractivity contribution in [2.75, 3.05) is 13.2 Å². The lowest BCUT2D eigenvalue weighted by Gasteiger charge is -2.12. The van der Waals surface area contributed by atoms with E-state index in [2.05, 4.69) is 15.9 Å². The van der Waals surface area contributed by atoms with Gasteiger partial charge >= 0.3 is 0 Å². The van der Waals surface area contributed by atoms with Crippen LogP contribution < -0.4 is 15.2 Å². The molecule has 21 heavy (non-hydrogen) atoms. The summed E-state index contributed by atoms with van der Waals surface area (Å²) >= 11 is 8.17. The lowest BCUT2D eigenvalue weighted by molar-refractivity contribution is 0.216. The van der Waals surface area contributed by atoms with E-state index >= 15 is 0 Å². The fourth-order valence-electron chi connectivity index (χ4n) is 1.71. The summed E-state index contributed by atoms with van der Waals surface area (Å²) in [6, 6.07) is 11.9. The first-order valence-electron chi connectivity index (χ1n) is 6.17. The topological polar surface area (TPSA) is 44.5 Å². The molecule has 2 aromatic rings. The average molecular weight is 370 g/mol. The molecular weight excluding hydrogens is 357 g/mol. The van der Waals surface area contributed by atoms with Crippen LogP contribution in [0.3, 0.4) is 0 Å². The van der Waals surface area contributed by atoms with E-state index < -0.39 is 5.82 Å². The number of ether oxygens (including phenoxy) is 2. The molecule has 0 fully saturated rings. The lowest BCUT2D eigenvalue weighted by Crippen LogP contribution is -2.16. The van der Waals surface area contributed by atoms with Crippen molar-refractivity contribution in [2.24, 2.45) is 5.73 Å². The van der Waals surface area contributed by atoms with Gasteiger partial charge in [0.2, 0.25) is 0 Å². The second-order valence-corrected chi connectivity index (χ2v) is 5.48. The largest absolute Gasteiger partial charge is 0.490 e. The molecule has 0 saturated heterocycles. The zero-order chi connectivity index (χ0) is 15.2. The van der Waals surface area contributed by atoms with E-state index in [0.29, 0.717) is 12.4 Å². The second-order valence-electron chi connectivity index (χ2n) is 4.13. The number of hydrogen-bond acceptors (Lipinski definition) is 3. The van der Waals surface area contributed by atoms with Gasteiger partial charge in [0.1, 0.15) is 35.5 Å². The summed E-state index contributed by atoms with van der Waals surface area (Å²) in [5, 5.41) is 0. The highest BCUT2D eigenvalue weighted by Crippen LogP contribution is 2.21. The minimum Gasteiger partial charge on any atom is -0.490 e. The Morgan fingerprint density at radius 1 is 1.10 bits per heavy atom. The van der Waals surface area contributed by atoms with Crippen molar-refractivity contribution in [3.05, 3.63) is 58.3 Å². The van der Waals surface area contributed by atoms with Crippen LogP contribution in [0.15, 0.2) is 46.9 Å². The summed E-state index contributed by atoms with van der Waals surface area (Å²) in [5.41, 5.74) is 5.62. The van der Waals surface area contributed by atoms with Crippen LogP contribution in [0, 0.1) is 5.82 Å². The Bertz CT molecular complexity index is 634. The molecule has 0 spiro atoms. The predicted molar refractivity (Wildman–Crippen MR) is 87.4 cm³/mol. The molecule has 0 aliphatic carbocycles. The van der Waals surface area contributed by atoms with Crippen LogP contribution in [0.25, 0.3) is 0 Å². The molecule has 0 unspecified atom stereocenters. The van der Waals surface area contributed by atoms with Gasteiger partial charge in [0.05, 0.1) is 5.56 Å². The SMILES string of the molecule is NC(=S)c1c(F)cccc1OCCOc1ccc(Br)cc1. The van der Waals surface area contributed by atoms with Gasteiger partial charge in [0, 0.05) is 4.47 Å². The van der Waals surface area contributed by atoms with E-state index in [1.807, 2.05) is 24.3 Å². The van der Waals surface area contributed by atoms with Crippen molar-refractivity contribution in [2.45, 2.75) is 0 Å². The maximum Gasteiger partial charge on any atom is 0.137 e. The Hall–Kier alpha value is -1.66. The molecule has 110 valence electrons. The van der Waals surface area contributed by atoms with E-state index in [1.54, 1.807) is 12.1 Å². The third-order valence-corrected chi connectivity index (χ3v) is 3.38. The molecule has 0 aliphatic heterocycles. The van der Waals surface area contributed by atoms with E-state index in [-0.39, 0.29) is 17.2 Å². The Kier molecular flexibility index (Phi) is 5.52. The highest BCUT2D eigenvalue weighted by Gasteiger charge is 2.12. The number of nitrogens with two attached hydrogens (primary N) is 1. The van der Waals surface area contributed by atoms with Crippen LogP contribution in [-0.2, 0) is 0 Å². The normalized spacial score (nSPS) is 10.2. The Morgan fingerprint density at radius 3 is 2.43 bits per heavy atom. The molecule has 0 saturated carbocycles. The summed E-state index contributed by atoms with van der Waals surface area (Å²) in [5.74, 6) is 0.561. The van der Waals surface area contributed by atoms with Gasteiger partial charge in [-0.05, 0) is 36.4 Å². The van der Waals surface area contributed by atoms with Gasteiger partial charge < -0.3 is 15.2 Å². The van der Waals surface area contributed by atoms with Gasteiger partial charge in [0.15, 0.2) is 0 Å². The van der Waals surface area contributed by atoms with E-state index in [1.165, 1.54) is 6.07 Å². The molecule has 0 aliphatic rings. The number of hydrogen-bond donors (Lipinski definition) is 1. The minimum atomic E-state index is -0.492. The zero-order valence-corrected chi connectivity index (χ0v) is 13.4. The smallest absolute Gasteiger partial charge is 0.137 e. The summed E-state index contributed by atoms with van der Waals surface area (Å²) in [6.45, 7) is 0.587. The van der Waals surface area contributed by atoms with Crippen molar-refractivity contribution in [1.29, 1.82) is 0 Å². The first-order valence-corrected chi connectivity index (χ1v) is 7.37. The molecule has 2 rings (SSSR count). The van der Waals surface area contributed by atoms with Gasteiger partial charge in [-0.1, -0.05) is 34.2 Å². The second kappa shape index (κ2) is 7.38. The van der Waals surface area contributed by atoms with Crippen LogP contribution in [0.5, 0.6) is 11.5 Å². The molecule has 6 heteroatoms. The summed E-state index contributed by atoms with van der Waals surface area (Å²) in [4.78, 5) is -0.0306. The lowest BCUT2D eigenvalue weighted by atomic mass is 10.2. The number of rotatable bonds is 6. The van der Waals surface area contributed by atoms with E-state index in [4.69, 9.17) is 27.4 Å². The summed E-state index contributed by atoms with van der Waals surface area (Å²) < 4.78 is 25.6. The Morgan fingerprint density at radius 2 is 1.76 bits per heavy atom. The molecule has 0 aromatic heterocycles. The fraction of sp³-hybridized carbons (Fsp3) is 0.133. The van der Waals surface area contributed by atoms with E-state index in [0.717, 1.165) is 10.2 Å². The minimum absolute atomic E-state index is 0.0306. The molecule has 0 heterocycles. The van der Waals surface area contributed by atoms with Crippen LogP contribution in [0.4, 0.5) is 4.39 Å². The van der Waals surface area contributed by atoms with Crippen molar-refractivity contribution in [1.82, 2.24) is 0 Å². The highest BCUT2D eigenvalue weighted by atomic mass is 79.9. The van der Waals surface area contributed by atoms with E-state index in [9.17, 15) is 4.39 Å². The molecule has 0 atom stereocenters. The maximum absolute atomic E-state index is 13.6. The zero-order valence-electron chi connectivity index (χ0n) is 11.0. The molecule has 0 bridgehead atoms. The maximum atomic E-state index is 13.6. The van der Waals surface area contributed by atoms with Crippen molar-refractivity contribution in [3.63, 3.8) is 0 Å². The Labute approximate surface area is 136 Å². The van der Waals surface area contributed by atoms with Gasteiger partial charge in [-0.25, -0.2) is 4.39 Å². The third kappa shape index (κ3) is 4.41. The van der Waals surface area contributed by atoms with Crippen LogP contribution >= 0.6 is 28.1 Å².